The topological polar surface area (TPSA) is 170 Å². The van der Waals surface area contributed by atoms with Gasteiger partial charge in [-0.3, -0.25) is 15.4 Å². The van der Waals surface area contributed by atoms with Crippen molar-refractivity contribution >= 4 is 28.1 Å². The number of carboxylic acids is 1. The number of rotatable bonds is 15. The van der Waals surface area contributed by atoms with Crippen molar-refractivity contribution in [2.45, 2.75) is 69.9 Å². The van der Waals surface area contributed by atoms with Gasteiger partial charge >= 0.3 is 5.97 Å². The van der Waals surface area contributed by atoms with Gasteiger partial charge in [0.2, 0.25) is 21.6 Å². The minimum Gasteiger partial charge on any atom is -0.478 e. The zero-order valence-electron chi connectivity index (χ0n) is 18.3. The molecule has 0 saturated heterocycles. The van der Waals surface area contributed by atoms with Crippen LogP contribution in [0.4, 0.5) is 0 Å². The molecule has 0 aromatic carbocycles. The molecule has 12 nitrogen and oxygen atoms in total. The molecule has 0 spiro atoms. The van der Waals surface area contributed by atoms with E-state index >= 15 is 0 Å². The van der Waals surface area contributed by atoms with E-state index in [9.17, 15) is 23.1 Å². The first-order valence-electron chi connectivity index (χ1n) is 10.9. The molecule has 0 aromatic rings. The van der Waals surface area contributed by atoms with Crippen molar-refractivity contribution in [2.75, 3.05) is 18.8 Å². The van der Waals surface area contributed by atoms with Crippen LogP contribution in [0, 0.1) is 0 Å². The van der Waals surface area contributed by atoms with Gasteiger partial charge in [-0.15, -0.1) is 0 Å². The van der Waals surface area contributed by atoms with E-state index in [0.29, 0.717) is 38.6 Å². The summed E-state index contributed by atoms with van der Waals surface area (Å²) >= 11 is 0. The number of sulfonamides is 1. The van der Waals surface area contributed by atoms with Gasteiger partial charge in [0.05, 0.1) is 12.2 Å². The highest BCUT2D eigenvalue weighted by atomic mass is 32.2. The minimum atomic E-state index is -3.92. The van der Waals surface area contributed by atoms with Crippen LogP contribution in [0.2, 0.25) is 0 Å². The number of aliphatic carboxylic acids is 1. The Morgan fingerprint density at radius 2 is 2.12 bits per heavy atom. The van der Waals surface area contributed by atoms with Crippen LogP contribution in [-0.4, -0.2) is 68.5 Å². The van der Waals surface area contributed by atoms with E-state index in [-0.39, 0.29) is 24.9 Å². The van der Waals surface area contributed by atoms with E-state index in [1.807, 2.05) is 19.2 Å². The fourth-order valence-electron chi connectivity index (χ4n) is 3.30. The lowest BCUT2D eigenvalue weighted by Crippen LogP contribution is -2.66. The lowest BCUT2D eigenvalue weighted by molar-refractivity contribution is -0.149. The number of hydrogen-bond donors (Lipinski definition) is 6. The molecule has 0 radical (unpaired) electrons. The van der Waals surface area contributed by atoms with E-state index in [4.69, 9.17) is 4.84 Å². The third-order valence-corrected chi connectivity index (χ3v) is 6.51. The van der Waals surface area contributed by atoms with Gasteiger partial charge in [0.25, 0.3) is 0 Å². The minimum absolute atomic E-state index is 0.0925. The molecule has 0 bridgehead atoms. The van der Waals surface area contributed by atoms with Crippen molar-refractivity contribution < 1.29 is 28.0 Å². The number of nitrogens with one attached hydrogen (secondary N) is 5. The number of amides is 1. The number of hydrogen-bond acceptors (Lipinski definition) is 9. The first-order chi connectivity index (χ1) is 15.3. The number of carbonyl (C=O) groups is 2. The molecule has 3 unspecified atom stereocenters. The van der Waals surface area contributed by atoms with E-state index in [2.05, 4.69) is 31.1 Å². The summed E-state index contributed by atoms with van der Waals surface area (Å²) in [4.78, 5) is 29.8. The van der Waals surface area contributed by atoms with Crippen LogP contribution in [0.1, 0.15) is 51.9 Å². The second-order valence-electron chi connectivity index (χ2n) is 7.81. The average Bonchev–Trinajstić information content (AvgIpc) is 3.25. The van der Waals surface area contributed by atoms with E-state index in [1.165, 1.54) is 6.21 Å². The monoisotopic (exact) mass is 474 g/mol. The Morgan fingerprint density at radius 3 is 2.75 bits per heavy atom. The Kier molecular flexibility index (Phi) is 10.4. The van der Waals surface area contributed by atoms with Gasteiger partial charge < -0.3 is 20.6 Å². The molecule has 1 amide bonds. The largest absolute Gasteiger partial charge is 0.478 e. The standard InChI is InChI=1S/C19H34N6O6S/c1-2-3-13-32(29,30)25-19(17(27)28,24-16(26)14-15-7-12-23-31-15)8-4-5-9-20-18-21-10-6-11-22-18/h6,10,12,15,18,20-22,25H,2-5,7-9,11,13-14H2,1H3,(H,24,26)(H,27,28). The van der Waals surface area contributed by atoms with Gasteiger partial charge in [-0.25, -0.2) is 13.2 Å². The molecule has 2 aliphatic heterocycles. The van der Waals surface area contributed by atoms with Crippen molar-refractivity contribution in [3.63, 3.8) is 0 Å². The molecule has 182 valence electrons. The zero-order chi connectivity index (χ0) is 23.5. The summed E-state index contributed by atoms with van der Waals surface area (Å²) < 4.78 is 27.3. The van der Waals surface area contributed by atoms with Crippen molar-refractivity contribution in [3.8, 4) is 0 Å². The number of carboxylic acid groups (broad SMARTS) is 1. The third-order valence-electron chi connectivity index (χ3n) is 5.03. The molecule has 0 aromatic heterocycles. The summed E-state index contributed by atoms with van der Waals surface area (Å²) in [6.07, 6.45) is 6.87. The van der Waals surface area contributed by atoms with E-state index in [0.717, 1.165) is 6.54 Å². The first-order valence-corrected chi connectivity index (χ1v) is 12.5. The van der Waals surface area contributed by atoms with Gasteiger partial charge in [-0.05, 0) is 38.4 Å². The summed E-state index contributed by atoms with van der Waals surface area (Å²) in [7, 11) is -3.92. The maximum atomic E-state index is 12.5. The number of nitrogens with zero attached hydrogens (tertiary/aromatic N) is 1. The summed E-state index contributed by atoms with van der Waals surface area (Å²) in [5.74, 6) is -2.30. The third kappa shape index (κ3) is 8.73. The number of carbonyl (C=O) groups excluding carboxylic acids is 1. The lowest BCUT2D eigenvalue weighted by atomic mass is 10.0. The number of oxime groups is 1. The molecule has 0 fully saturated rings. The smallest absolute Gasteiger partial charge is 0.345 e. The second-order valence-corrected chi connectivity index (χ2v) is 9.65. The van der Waals surface area contributed by atoms with E-state index in [1.54, 1.807) is 0 Å². The van der Waals surface area contributed by atoms with Gasteiger partial charge in [0.1, 0.15) is 12.4 Å². The first kappa shape index (κ1) is 26.0. The molecule has 2 aliphatic rings. The van der Waals surface area contributed by atoms with Crippen molar-refractivity contribution in [3.05, 3.63) is 12.3 Å². The van der Waals surface area contributed by atoms with Gasteiger partial charge in [0, 0.05) is 19.2 Å². The molecule has 6 N–H and O–H groups in total. The predicted octanol–water partition coefficient (Wildman–Crippen LogP) is -0.482. The lowest BCUT2D eigenvalue weighted by Gasteiger charge is -2.32. The van der Waals surface area contributed by atoms with Gasteiger partial charge in [0.15, 0.2) is 0 Å². The Balaban J connectivity index is 2.00. The summed E-state index contributed by atoms with van der Waals surface area (Å²) in [5, 5.41) is 25.4. The van der Waals surface area contributed by atoms with Crippen LogP contribution in [-0.2, 0) is 24.4 Å². The fraction of sp³-hybridized carbons (Fsp3) is 0.737. The molecular weight excluding hydrogens is 440 g/mol. The average molecular weight is 475 g/mol. The van der Waals surface area contributed by atoms with Crippen LogP contribution < -0.4 is 26.0 Å². The fourth-order valence-corrected chi connectivity index (χ4v) is 4.85. The molecular formula is C19H34N6O6S. The van der Waals surface area contributed by atoms with Crippen molar-refractivity contribution in [1.29, 1.82) is 0 Å². The van der Waals surface area contributed by atoms with Crippen LogP contribution in [0.3, 0.4) is 0 Å². The number of unbranched alkanes of at least 4 members (excludes halogenated alkanes) is 2. The zero-order valence-corrected chi connectivity index (χ0v) is 19.1. The molecule has 2 rings (SSSR count). The van der Waals surface area contributed by atoms with Gasteiger partial charge in [-0.1, -0.05) is 24.6 Å². The van der Waals surface area contributed by atoms with Crippen LogP contribution in [0.5, 0.6) is 0 Å². The predicted molar refractivity (Wildman–Crippen MR) is 119 cm³/mol. The highest BCUT2D eigenvalue weighted by molar-refractivity contribution is 7.89. The molecule has 2 heterocycles. The second kappa shape index (κ2) is 12.7. The van der Waals surface area contributed by atoms with Crippen molar-refractivity contribution in [1.82, 2.24) is 26.0 Å². The Morgan fingerprint density at radius 1 is 1.31 bits per heavy atom. The van der Waals surface area contributed by atoms with E-state index < -0.39 is 33.7 Å². The van der Waals surface area contributed by atoms with Crippen LogP contribution >= 0.6 is 0 Å². The van der Waals surface area contributed by atoms with Crippen molar-refractivity contribution in [2.24, 2.45) is 5.16 Å². The highest BCUT2D eigenvalue weighted by Gasteiger charge is 2.43. The maximum Gasteiger partial charge on any atom is 0.345 e. The molecule has 13 heteroatoms. The molecule has 0 aliphatic carbocycles. The van der Waals surface area contributed by atoms with Crippen LogP contribution in [0.25, 0.3) is 0 Å². The SMILES string of the molecule is CCCCS(=O)(=O)NC(CCCCNC1NC=CCN1)(NC(=O)CC1CC=NO1)C(=O)O. The summed E-state index contributed by atoms with van der Waals surface area (Å²) in [5.41, 5.74) is -2.13. The maximum absolute atomic E-state index is 12.5. The normalized spacial score (nSPS) is 22.0. The van der Waals surface area contributed by atoms with Gasteiger partial charge in [-0.2, -0.15) is 4.72 Å². The summed E-state index contributed by atoms with van der Waals surface area (Å²) in [6.45, 7) is 3.14. The Bertz CT molecular complexity index is 781. The Labute approximate surface area is 188 Å². The molecule has 32 heavy (non-hydrogen) atoms. The summed E-state index contributed by atoms with van der Waals surface area (Å²) in [6, 6.07) is 0. The highest BCUT2D eigenvalue weighted by Crippen LogP contribution is 2.17. The quantitative estimate of drug-likeness (QED) is 0.135. The van der Waals surface area contributed by atoms with Crippen LogP contribution in [0.15, 0.2) is 17.4 Å². The Hall–Kier alpha value is -2.22. The molecule has 3 atom stereocenters. The molecule has 0 saturated carbocycles.